The minimum Gasteiger partial charge on any atom is -0.384 e. The van der Waals surface area contributed by atoms with Crippen molar-refractivity contribution in [2.75, 3.05) is 0 Å². The molecular weight excluding hydrogens is 295 g/mol. The van der Waals surface area contributed by atoms with Crippen molar-refractivity contribution in [3.05, 3.63) is 68.9 Å². The van der Waals surface area contributed by atoms with Gasteiger partial charge in [0.05, 0.1) is 0 Å². The van der Waals surface area contributed by atoms with E-state index >= 15 is 0 Å². The number of aliphatic hydroxyl groups excluding tert-OH is 1. The van der Waals surface area contributed by atoms with E-state index in [4.69, 9.17) is 0 Å². The van der Waals surface area contributed by atoms with Crippen LogP contribution in [0.4, 0.5) is 4.39 Å². The van der Waals surface area contributed by atoms with Crippen LogP contribution in [0.15, 0.2) is 40.9 Å². The predicted octanol–water partition coefficient (Wildman–Crippen LogP) is 4.29. The number of rotatable bonds is 2. The van der Waals surface area contributed by atoms with E-state index < -0.39 is 6.10 Å². The van der Waals surface area contributed by atoms with Gasteiger partial charge in [-0.15, -0.1) is 0 Å². The minimum atomic E-state index is -0.734. The van der Waals surface area contributed by atoms with E-state index in [0.29, 0.717) is 0 Å². The van der Waals surface area contributed by atoms with E-state index in [-0.39, 0.29) is 5.82 Å². The van der Waals surface area contributed by atoms with Crippen molar-refractivity contribution in [1.82, 2.24) is 0 Å². The smallest absolute Gasteiger partial charge is 0.123 e. The fourth-order valence-corrected chi connectivity index (χ4v) is 2.30. The summed E-state index contributed by atoms with van der Waals surface area (Å²) in [6, 6.07) is 10.2. The van der Waals surface area contributed by atoms with Gasteiger partial charge < -0.3 is 5.11 Å². The highest BCUT2D eigenvalue weighted by atomic mass is 79.9. The molecule has 1 nitrogen and oxygen atoms in total. The molecule has 18 heavy (non-hydrogen) atoms. The molecule has 2 aromatic rings. The number of aliphatic hydroxyl groups is 1. The average molecular weight is 309 g/mol. The first-order valence-corrected chi connectivity index (χ1v) is 6.48. The Bertz CT molecular complexity index is 581. The molecule has 0 amide bonds. The summed E-state index contributed by atoms with van der Waals surface area (Å²) >= 11 is 3.45. The second kappa shape index (κ2) is 5.21. The molecular formula is C15H14BrFO. The summed E-state index contributed by atoms with van der Waals surface area (Å²) in [5, 5.41) is 10.3. The standard InChI is InChI=1S/C15H14BrFO/c1-9-3-4-11(8-14(9)16)15(18)13-6-5-12(17)7-10(13)2/h3-8,15,18H,1-2H3. The molecule has 0 aliphatic carbocycles. The fraction of sp³-hybridized carbons (Fsp3) is 0.200. The lowest BCUT2D eigenvalue weighted by atomic mass is 9.97. The molecule has 94 valence electrons. The normalized spacial score (nSPS) is 12.5. The molecule has 0 bridgehead atoms. The highest BCUT2D eigenvalue weighted by molar-refractivity contribution is 9.10. The molecule has 2 aromatic carbocycles. The molecule has 0 aromatic heterocycles. The summed E-state index contributed by atoms with van der Waals surface area (Å²) in [5.41, 5.74) is 3.38. The van der Waals surface area contributed by atoms with Gasteiger partial charge in [-0.3, -0.25) is 0 Å². The monoisotopic (exact) mass is 308 g/mol. The van der Waals surface area contributed by atoms with Gasteiger partial charge in [0.2, 0.25) is 0 Å². The van der Waals surface area contributed by atoms with Crippen LogP contribution in [0, 0.1) is 19.7 Å². The minimum absolute atomic E-state index is 0.284. The number of hydrogen-bond donors (Lipinski definition) is 1. The lowest BCUT2D eigenvalue weighted by Gasteiger charge is -2.15. The Hall–Kier alpha value is -1.19. The van der Waals surface area contributed by atoms with Gasteiger partial charge >= 0.3 is 0 Å². The zero-order chi connectivity index (χ0) is 13.3. The van der Waals surface area contributed by atoms with E-state index in [1.165, 1.54) is 12.1 Å². The molecule has 0 heterocycles. The van der Waals surface area contributed by atoms with Crippen molar-refractivity contribution in [2.24, 2.45) is 0 Å². The fourth-order valence-electron chi connectivity index (χ4n) is 1.90. The zero-order valence-corrected chi connectivity index (χ0v) is 11.8. The Labute approximate surface area is 114 Å². The molecule has 0 fully saturated rings. The third-order valence-corrected chi connectivity index (χ3v) is 3.89. The van der Waals surface area contributed by atoms with Crippen LogP contribution < -0.4 is 0 Å². The number of aryl methyl sites for hydroxylation is 2. The van der Waals surface area contributed by atoms with Crippen molar-refractivity contribution in [1.29, 1.82) is 0 Å². The first kappa shape index (κ1) is 13.2. The second-order valence-electron chi connectivity index (χ2n) is 4.41. The Morgan fingerprint density at radius 1 is 1.06 bits per heavy atom. The summed E-state index contributed by atoms with van der Waals surface area (Å²) in [7, 11) is 0. The van der Waals surface area contributed by atoms with Gasteiger partial charge in [-0.2, -0.15) is 0 Å². The van der Waals surface area contributed by atoms with Crippen molar-refractivity contribution in [2.45, 2.75) is 20.0 Å². The average Bonchev–Trinajstić information content (AvgIpc) is 2.32. The van der Waals surface area contributed by atoms with Crippen molar-refractivity contribution < 1.29 is 9.50 Å². The number of benzene rings is 2. The zero-order valence-electron chi connectivity index (χ0n) is 10.2. The third-order valence-electron chi connectivity index (χ3n) is 3.04. The Morgan fingerprint density at radius 3 is 2.39 bits per heavy atom. The maximum absolute atomic E-state index is 13.0. The number of hydrogen-bond acceptors (Lipinski definition) is 1. The SMILES string of the molecule is Cc1ccc(C(O)c2ccc(F)cc2C)cc1Br. The molecule has 0 saturated heterocycles. The lowest BCUT2D eigenvalue weighted by Crippen LogP contribution is -2.02. The van der Waals surface area contributed by atoms with Gasteiger partial charge in [-0.1, -0.05) is 34.1 Å². The summed E-state index contributed by atoms with van der Waals surface area (Å²) in [5.74, 6) is -0.284. The van der Waals surface area contributed by atoms with E-state index in [1.54, 1.807) is 13.0 Å². The third kappa shape index (κ3) is 2.62. The van der Waals surface area contributed by atoms with Crippen LogP contribution in [0.1, 0.15) is 28.4 Å². The topological polar surface area (TPSA) is 20.2 Å². The van der Waals surface area contributed by atoms with Crippen LogP contribution in [0.3, 0.4) is 0 Å². The van der Waals surface area contributed by atoms with E-state index in [0.717, 1.165) is 26.7 Å². The molecule has 0 aliphatic heterocycles. The lowest BCUT2D eigenvalue weighted by molar-refractivity contribution is 0.219. The molecule has 1 atom stereocenters. The highest BCUT2D eigenvalue weighted by Gasteiger charge is 2.14. The van der Waals surface area contributed by atoms with Gasteiger partial charge in [0, 0.05) is 4.47 Å². The van der Waals surface area contributed by atoms with Crippen LogP contribution >= 0.6 is 15.9 Å². The Balaban J connectivity index is 2.41. The van der Waals surface area contributed by atoms with Crippen LogP contribution in [-0.4, -0.2) is 5.11 Å². The van der Waals surface area contributed by atoms with Gasteiger partial charge in [-0.05, 0) is 54.3 Å². The maximum Gasteiger partial charge on any atom is 0.123 e. The molecule has 0 aliphatic rings. The van der Waals surface area contributed by atoms with Crippen molar-refractivity contribution >= 4 is 15.9 Å². The molecule has 0 saturated carbocycles. The molecule has 0 spiro atoms. The molecule has 2 rings (SSSR count). The largest absolute Gasteiger partial charge is 0.384 e. The van der Waals surface area contributed by atoms with E-state index in [9.17, 15) is 9.50 Å². The summed E-state index contributed by atoms with van der Waals surface area (Å²) in [6.07, 6.45) is -0.734. The first-order chi connectivity index (χ1) is 8.49. The Kier molecular flexibility index (Phi) is 3.83. The van der Waals surface area contributed by atoms with Gasteiger partial charge in [-0.25, -0.2) is 4.39 Å². The van der Waals surface area contributed by atoms with Gasteiger partial charge in [0.1, 0.15) is 11.9 Å². The molecule has 1 N–H and O–H groups in total. The maximum atomic E-state index is 13.0. The molecule has 0 radical (unpaired) electrons. The van der Waals surface area contributed by atoms with Crippen LogP contribution in [0.2, 0.25) is 0 Å². The second-order valence-corrected chi connectivity index (χ2v) is 5.27. The molecule has 1 unspecified atom stereocenters. The van der Waals surface area contributed by atoms with Crippen LogP contribution in [0.25, 0.3) is 0 Å². The summed E-state index contributed by atoms with van der Waals surface area (Å²) < 4.78 is 14.0. The quantitative estimate of drug-likeness (QED) is 0.877. The summed E-state index contributed by atoms with van der Waals surface area (Å²) in [4.78, 5) is 0. The van der Waals surface area contributed by atoms with Crippen molar-refractivity contribution in [3.63, 3.8) is 0 Å². The number of halogens is 2. The van der Waals surface area contributed by atoms with Crippen LogP contribution in [0.5, 0.6) is 0 Å². The Morgan fingerprint density at radius 2 is 1.78 bits per heavy atom. The van der Waals surface area contributed by atoms with Gasteiger partial charge in [0.25, 0.3) is 0 Å². The van der Waals surface area contributed by atoms with E-state index in [1.807, 2.05) is 25.1 Å². The highest BCUT2D eigenvalue weighted by Crippen LogP contribution is 2.28. The van der Waals surface area contributed by atoms with Crippen LogP contribution in [-0.2, 0) is 0 Å². The van der Waals surface area contributed by atoms with Gasteiger partial charge in [0.15, 0.2) is 0 Å². The van der Waals surface area contributed by atoms with Crippen molar-refractivity contribution in [3.8, 4) is 0 Å². The van der Waals surface area contributed by atoms with E-state index in [2.05, 4.69) is 15.9 Å². The first-order valence-electron chi connectivity index (χ1n) is 5.69. The predicted molar refractivity (Wildman–Crippen MR) is 74.1 cm³/mol. The summed E-state index contributed by atoms with van der Waals surface area (Å²) in [6.45, 7) is 3.79. The molecule has 3 heteroatoms.